The first kappa shape index (κ1) is 18.9. The lowest BCUT2D eigenvalue weighted by atomic mass is 10.2. The number of anilines is 2. The molecule has 2 aliphatic rings. The molecule has 0 radical (unpaired) electrons. The van der Waals surface area contributed by atoms with E-state index in [9.17, 15) is 9.59 Å². The molecule has 0 aromatic heterocycles. The van der Waals surface area contributed by atoms with Crippen molar-refractivity contribution >= 4 is 23.3 Å². The van der Waals surface area contributed by atoms with E-state index < -0.39 is 5.97 Å². The summed E-state index contributed by atoms with van der Waals surface area (Å²) in [6.45, 7) is -0.103. The average molecular weight is 398 g/mol. The molecular weight excluding hydrogens is 376 g/mol. The lowest BCUT2D eigenvalue weighted by Gasteiger charge is -2.13. The number of hydrogen-bond donors (Lipinski definition) is 2. The predicted octanol–water partition coefficient (Wildman–Crippen LogP) is 3.11. The van der Waals surface area contributed by atoms with Crippen LogP contribution in [0, 0.1) is 0 Å². The van der Waals surface area contributed by atoms with Gasteiger partial charge in [-0.05, 0) is 56.0 Å². The van der Waals surface area contributed by atoms with Crippen LogP contribution < -0.4 is 25.3 Å². The highest BCUT2D eigenvalue weighted by Crippen LogP contribution is 2.34. The Kier molecular flexibility index (Phi) is 5.41. The quantitative estimate of drug-likeness (QED) is 0.568. The lowest BCUT2D eigenvalue weighted by molar-refractivity contribution is -0.118. The largest absolute Gasteiger partial charge is 0.482 e. The zero-order valence-corrected chi connectivity index (χ0v) is 15.8. The number of fused-ring (bicyclic) bond motifs is 1. The number of esters is 1. The summed E-state index contributed by atoms with van der Waals surface area (Å²) >= 11 is 0. The maximum absolute atomic E-state index is 12.3. The number of carbonyl (C=O) groups is 2. The molecule has 8 nitrogen and oxygen atoms in total. The Labute approximate surface area is 167 Å². The molecular formula is C21H22N2O6. The van der Waals surface area contributed by atoms with Crippen molar-refractivity contribution in [1.29, 1.82) is 0 Å². The van der Waals surface area contributed by atoms with E-state index in [0.29, 0.717) is 28.4 Å². The molecule has 2 aromatic carbocycles. The summed E-state index contributed by atoms with van der Waals surface area (Å²) in [7, 11) is 0. The molecule has 29 heavy (non-hydrogen) atoms. The summed E-state index contributed by atoms with van der Waals surface area (Å²) in [5.41, 5.74) is 7.15. The van der Waals surface area contributed by atoms with Crippen LogP contribution in [0.25, 0.3) is 0 Å². The summed E-state index contributed by atoms with van der Waals surface area (Å²) in [4.78, 5) is 24.5. The number of amides is 1. The predicted molar refractivity (Wildman–Crippen MR) is 105 cm³/mol. The van der Waals surface area contributed by atoms with Crippen LogP contribution in [-0.2, 0) is 9.53 Å². The Morgan fingerprint density at radius 1 is 1.07 bits per heavy atom. The Morgan fingerprint density at radius 2 is 1.86 bits per heavy atom. The van der Waals surface area contributed by atoms with Crippen molar-refractivity contribution < 1.29 is 28.5 Å². The van der Waals surface area contributed by atoms with Gasteiger partial charge in [0.2, 0.25) is 6.79 Å². The van der Waals surface area contributed by atoms with Gasteiger partial charge in [-0.15, -0.1) is 0 Å². The fourth-order valence-electron chi connectivity index (χ4n) is 3.33. The fourth-order valence-corrected chi connectivity index (χ4v) is 3.33. The minimum atomic E-state index is -0.411. The van der Waals surface area contributed by atoms with Gasteiger partial charge in [0.15, 0.2) is 18.1 Å². The third-order valence-corrected chi connectivity index (χ3v) is 4.84. The number of rotatable bonds is 6. The third-order valence-electron chi connectivity index (χ3n) is 4.84. The Morgan fingerprint density at radius 3 is 2.69 bits per heavy atom. The van der Waals surface area contributed by atoms with E-state index in [1.165, 1.54) is 6.07 Å². The van der Waals surface area contributed by atoms with Crippen LogP contribution in [0.5, 0.6) is 17.2 Å². The summed E-state index contributed by atoms with van der Waals surface area (Å²) in [5, 5.41) is 2.72. The first-order valence-corrected chi connectivity index (χ1v) is 9.51. The van der Waals surface area contributed by atoms with E-state index in [1.807, 2.05) is 0 Å². The van der Waals surface area contributed by atoms with Gasteiger partial charge in [0.05, 0.1) is 11.3 Å². The van der Waals surface area contributed by atoms with E-state index in [-0.39, 0.29) is 31.2 Å². The zero-order chi connectivity index (χ0) is 20.2. The lowest BCUT2D eigenvalue weighted by Crippen LogP contribution is -2.20. The van der Waals surface area contributed by atoms with E-state index in [0.717, 1.165) is 25.7 Å². The van der Waals surface area contributed by atoms with Gasteiger partial charge in [0.25, 0.3) is 5.91 Å². The Hall–Kier alpha value is -3.42. The summed E-state index contributed by atoms with van der Waals surface area (Å²) in [6.07, 6.45) is 3.91. The number of nitrogen functional groups attached to an aromatic ring is 1. The highest BCUT2D eigenvalue weighted by molar-refractivity contribution is 5.93. The van der Waals surface area contributed by atoms with Crippen molar-refractivity contribution in [1.82, 2.24) is 0 Å². The second-order valence-electron chi connectivity index (χ2n) is 6.97. The van der Waals surface area contributed by atoms with Crippen LogP contribution in [-0.4, -0.2) is 31.4 Å². The van der Waals surface area contributed by atoms with Gasteiger partial charge < -0.3 is 30.0 Å². The summed E-state index contributed by atoms with van der Waals surface area (Å²) < 4.78 is 21.5. The second-order valence-corrected chi connectivity index (χ2v) is 6.97. The molecule has 0 spiro atoms. The number of nitrogens with one attached hydrogen (secondary N) is 1. The minimum Gasteiger partial charge on any atom is -0.482 e. The molecule has 4 rings (SSSR count). The first-order chi connectivity index (χ1) is 14.1. The van der Waals surface area contributed by atoms with Gasteiger partial charge in [0, 0.05) is 11.8 Å². The molecule has 8 heteroatoms. The summed E-state index contributed by atoms with van der Waals surface area (Å²) in [6, 6.07) is 9.76. The van der Waals surface area contributed by atoms with E-state index in [2.05, 4.69) is 5.32 Å². The molecule has 0 unspecified atom stereocenters. The van der Waals surface area contributed by atoms with Crippen molar-refractivity contribution in [2.24, 2.45) is 0 Å². The van der Waals surface area contributed by atoms with Crippen LogP contribution >= 0.6 is 0 Å². The molecule has 1 aliphatic heterocycles. The number of ether oxygens (including phenoxy) is 4. The van der Waals surface area contributed by atoms with Crippen LogP contribution in [0.15, 0.2) is 36.4 Å². The molecule has 1 fully saturated rings. The molecule has 1 amide bonds. The van der Waals surface area contributed by atoms with Crippen LogP contribution in [0.4, 0.5) is 11.4 Å². The van der Waals surface area contributed by atoms with Gasteiger partial charge in [-0.2, -0.15) is 0 Å². The molecule has 1 saturated carbocycles. The molecule has 152 valence electrons. The molecule has 0 atom stereocenters. The van der Waals surface area contributed by atoms with Crippen LogP contribution in [0.3, 0.4) is 0 Å². The molecule has 2 aromatic rings. The SMILES string of the molecule is Nc1ccc(C(=O)OC2CCCC2)cc1OCC(=O)Nc1ccc2c(c1)OCO2. The van der Waals surface area contributed by atoms with E-state index in [4.69, 9.17) is 24.7 Å². The first-order valence-electron chi connectivity index (χ1n) is 9.51. The second kappa shape index (κ2) is 8.30. The highest BCUT2D eigenvalue weighted by atomic mass is 16.7. The van der Waals surface area contributed by atoms with Crippen LogP contribution in [0.1, 0.15) is 36.0 Å². The normalized spacial score (nSPS) is 15.2. The maximum atomic E-state index is 12.3. The van der Waals surface area contributed by atoms with Crippen molar-refractivity contribution in [3.05, 3.63) is 42.0 Å². The van der Waals surface area contributed by atoms with Gasteiger partial charge in [0.1, 0.15) is 11.9 Å². The van der Waals surface area contributed by atoms with E-state index >= 15 is 0 Å². The van der Waals surface area contributed by atoms with Gasteiger partial charge in [-0.1, -0.05) is 0 Å². The fraction of sp³-hybridized carbons (Fsp3) is 0.333. The van der Waals surface area contributed by atoms with Crippen molar-refractivity contribution in [2.45, 2.75) is 31.8 Å². The third kappa shape index (κ3) is 4.53. The smallest absolute Gasteiger partial charge is 0.338 e. The van der Waals surface area contributed by atoms with Crippen molar-refractivity contribution in [3.63, 3.8) is 0 Å². The molecule has 0 saturated heterocycles. The molecule has 3 N–H and O–H groups in total. The monoisotopic (exact) mass is 398 g/mol. The Bertz CT molecular complexity index is 923. The van der Waals surface area contributed by atoms with Crippen molar-refractivity contribution in [3.8, 4) is 17.2 Å². The van der Waals surface area contributed by atoms with Gasteiger partial charge >= 0.3 is 5.97 Å². The standard InChI is InChI=1S/C21H22N2O6/c22-16-7-5-13(21(25)29-15-3-1-2-4-15)9-18(16)26-11-20(24)23-14-6-8-17-19(10-14)28-12-27-17/h5-10,15H,1-4,11-12,22H2,(H,23,24). The van der Waals surface area contributed by atoms with Gasteiger partial charge in [-0.25, -0.2) is 4.79 Å². The van der Waals surface area contributed by atoms with E-state index in [1.54, 1.807) is 30.3 Å². The Balaban J connectivity index is 1.34. The number of nitrogens with two attached hydrogens (primary N) is 1. The molecule has 1 aliphatic carbocycles. The zero-order valence-electron chi connectivity index (χ0n) is 15.8. The maximum Gasteiger partial charge on any atom is 0.338 e. The topological polar surface area (TPSA) is 109 Å². The minimum absolute atomic E-state index is 0.0306. The number of hydrogen-bond acceptors (Lipinski definition) is 7. The van der Waals surface area contributed by atoms with Gasteiger partial charge in [-0.3, -0.25) is 4.79 Å². The number of benzene rings is 2. The number of carbonyl (C=O) groups excluding carboxylic acids is 2. The van der Waals surface area contributed by atoms with Crippen LogP contribution in [0.2, 0.25) is 0 Å². The molecule has 0 bridgehead atoms. The summed E-state index contributed by atoms with van der Waals surface area (Å²) in [5.74, 6) is 0.676. The molecule has 1 heterocycles. The van der Waals surface area contributed by atoms with Crippen molar-refractivity contribution in [2.75, 3.05) is 24.5 Å². The highest BCUT2D eigenvalue weighted by Gasteiger charge is 2.21. The average Bonchev–Trinajstić information content (AvgIpc) is 3.38.